The molecule has 1 aromatic carbocycles. The van der Waals surface area contributed by atoms with E-state index in [1.165, 1.54) is 22.8 Å². The molecule has 1 aromatic heterocycles. The Morgan fingerprint density at radius 1 is 1.48 bits per heavy atom. The van der Waals surface area contributed by atoms with E-state index < -0.39 is 16.7 Å². The van der Waals surface area contributed by atoms with Gasteiger partial charge in [-0.25, -0.2) is 14.5 Å². The molecule has 1 fully saturated rings. The summed E-state index contributed by atoms with van der Waals surface area (Å²) in [5, 5.41) is 29.8. The van der Waals surface area contributed by atoms with Crippen LogP contribution in [0.25, 0.3) is 5.69 Å². The summed E-state index contributed by atoms with van der Waals surface area (Å²) in [6, 6.07) is 5.49. The first kappa shape index (κ1) is 13.5. The summed E-state index contributed by atoms with van der Waals surface area (Å²) in [5.74, 6) is 0.400. The van der Waals surface area contributed by atoms with Crippen LogP contribution in [0.4, 0.5) is 5.69 Å². The lowest BCUT2D eigenvalue weighted by Crippen LogP contribution is -2.22. The maximum atomic E-state index is 11.9. The number of aromatic amines is 1. The lowest BCUT2D eigenvalue weighted by atomic mass is 10.2. The number of non-ortho nitro benzene ring substituents is 1. The Morgan fingerprint density at radius 3 is 2.95 bits per heavy atom. The molecule has 21 heavy (non-hydrogen) atoms. The molecule has 1 saturated heterocycles. The maximum absolute atomic E-state index is 11.9. The van der Waals surface area contributed by atoms with Crippen LogP contribution in [-0.4, -0.2) is 37.4 Å². The van der Waals surface area contributed by atoms with Gasteiger partial charge < -0.3 is 10.4 Å². The lowest BCUT2D eigenvalue weighted by Gasteiger charge is -2.11. The first-order valence-corrected chi connectivity index (χ1v) is 6.40. The SMILES string of the molecule is O=c1[nH]nc([C@@H]2C[C@@H](O)CN2)n1-c1cccc([N+](=O)[O-])c1. The number of nitro groups is 1. The molecule has 0 saturated carbocycles. The second-order valence-corrected chi connectivity index (χ2v) is 4.85. The Bertz CT molecular complexity index is 737. The smallest absolute Gasteiger partial charge is 0.347 e. The Hall–Kier alpha value is -2.52. The van der Waals surface area contributed by atoms with Crippen LogP contribution in [0.15, 0.2) is 29.1 Å². The van der Waals surface area contributed by atoms with Crippen LogP contribution < -0.4 is 11.0 Å². The fourth-order valence-corrected chi connectivity index (χ4v) is 2.45. The topological polar surface area (TPSA) is 126 Å². The van der Waals surface area contributed by atoms with E-state index in [0.29, 0.717) is 24.5 Å². The quantitative estimate of drug-likeness (QED) is 0.534. The zero-order valence-electron chi connectivity index (χ0n) is 10.9. The van der Waals surface area contributed by atoms with Gasteiger partial charge in [0, 0.05) is 18.7 Å². The molecule has 0 amide bonds. The van der Waals surface area contributed by atoms with Crippen molar-refractivity contribution in [1.29, 1.82) is 0 Å². The standard InChI is InChI=1S/C12H13N5O4/c18-9-5-10(13-6-9)11-14-15-12(19)16(11)7-2-1-3-8(4-7)17(20)21/h1-4,9-10,13,18H,5-6H2,(H,15,19)/t9-,10+/m1/s1. The number of H-pyrrole nitrogens is 1. The fraction of sp³-hybridized carbons (Fsp3) is 0.333. The molecule has 0 unspecified atom stereocenters. The largest absolute Gasteiger partial charge is 0.392 e. The number of aromatic nitrogens is 3. The zero-order chi connectivity index (χ0) is 15.0. The normalized spacial score (nSPS) is 21.6. The van der Waals surface area contributed by atoms with E-state index in [9.17, 15) is 20.0 Å². The number of aliphatic hydroxyl groups excluding tert-OH is 1. The molecule has 1 aliphatic rings. The van der Waals surface area contributed by atoms with Gasteiger partial charge in [0.05, 0.1) is 22.8 Å². The average molecular weight is 291 g/mol. The van der Waals surface area contributed by atoms with Crippen LogP contribution in [0.5, 0.6) is 0 Å². The molecule has 9 heteroatoms. The van der Waals surface area contributed by atoms with Crippen molar-refractivity contribution in [1.82, 2.24) is 20.1 Å². The summed E-state index contributed by atoms with van der Waals surface area (Å²) in [6.07, 6.45) is -0.0699. The number of hydrogen-bond donors (Lipinski definition) is 3. The second-order valence-electron chi connectivity index (χ2n) is 4.85. The summed E-state index contributed by atoms with van der Waals surface area (Å²) in [6.45, 7) is 0.417. The van der Waals surface area contributed by atoms with Crippen LogP contribution in [0.1, 0.15) is 18.3 Å². The highest BCUT2D eigenvalue weighted by atomic mass is 16.6. The van der Waals surface area contributed by atoms with Gasteiger partial charge in [0.2, 0.25) is 0 Å². The minimum atomic E-state index is -0.522. The van der Waals surface area contributed by atoms with Crippen molar-refractivity contribution in [2.45, 2.75) is 18.6 Å². The van der Waals surface area contributed by atoms with Crippen molar-refractivity contribution in [2.24, 2.45) is 0 Å². The van der Waals surface area contributed by atoms with Crippen molar-refractivity contribution in [3.05, 3.63) is 50.7 Å². The highest BCUT2D eigenvalue weighted by Crippen LogP contribution is 2.24. The summed E-state index contributed by atoms with van der Waals surface area (Å²) in [4.78, 5) is 22.3. The maximum Gasteiger partial charge on any atom is 0.347 e. The third-order valence-electron chi connectivity index (χ3n) is 3.42. The Kier molecular flexibility index (Phi) is 3.28. The van der Waals surface area contributed by atoms with E-state index in [1.807, 2.05) is 0 Å². The van der Waals surface area contributed by atoms with Gasteiger partial charge >= 0.3 is 5.69 Å². The van der Waals surface area contributed by atoms with Gasteiger partial charge in [0.1, 0.15) is 0 Å². The minimum absolute atomic E-state index is 0.106. The van der Waals surface area contributed by atoms with E-state index in [2.05, 4.69) is 15.5 Å². The molecule has 3 rings (SSSR count). The number of nitro benzene ring substituents is 1. The molecule has 0 spiro atoms. The molecular weight excluding hydrogens is 278 g/mol. The minimum Gasteiger partial charge on any atom is -0.392 e. The van der Waals surface area contributed by atoms with Crippen molar-refractivity contribution >= 4 is 5.69 Å². The number of rotatable bonds is 3. The van der Waals surface area contributed by atoms with E-state index in [4.69, 9.17) is 0 Å². The van der Waals surface area contributed by atoms with Crippen LogP contribution in [0.2, 0.25) is 0 Å². The Balaban J connectivity index is 2.06. The van der Waals surface area contributed by atoms with Gasteiger partial charge in [0.25, 0.3) is 5.69 Å². The van der Waals surface area contributed by atoms with Crippen LogP contribution in [0, 0.1) is 10.1 Å². The van der Waals surface area contributed by atoms with E-state index >= 15 is 0 Å². The van der Waals surface area contributed by atoms with Crippen molar-refractivity contribution < 1.29 is 10.0 Å². The number of nitrogens with one attached hydrogen (secondary N) is 2. The van der Waals surface area contributed by atoms with Gasteiger partial charge in [-0.05, 0) is 12.5 Å². The first-order chi connectivity index (χ1) is 10.1. The van der Waals surface area contributed by atoms with E-state index in [1.54, 1.807) is 6.07 Å². The molecule has 3 N–H and O–H groups in total. The van der Waals surface area contributed by atoms with Crippen molar-refractivity contribution in [2.75, 3.05) is 6.54 Å². The molecule has 2 aromatic rings. The predicted molar refractivity (Wildman–Crippen MR) is 72.2 cm³/mol. The van der Waals surface area contributed by atoms with Crippen molar-refractivity contribution in [3.63, 3.8) is 0 Å². The molecular formula is C12H13N5O4. The molecule has 1 aliphatic heterocycles. The average Bonchev–Trinajstić information content (AvgIpc) is 3.05. The number of aliphatic hydroxyl groups is 1. The first-order valence-electron chi connectivity index (χ1n) is 6.40. The molecule has 110 valence electrons. The van der Waals surface area contributed by atoms with Gasteiger partial charge in [-0.15, -0.1) is 0 Å². The van der Waals surface area contributed by atoms with Gasteiger partial charge in [-0.1, -0.05) is 6.07 Å². The Morgan fingerprint density at radius 2 is 2.29 bits per heavy atom. The van der Waals surface area contributed by atoms with Gasteiger partial charge in [-0.3, -0.25) is 10.1 Å². The Labute approximate surface area is 118 Å². The highest BCUT2D eigenvalue weighted by Gasteiger charge is 2.28. The number of β-amino-alcohol motifs (C(OH)–C–C–N with tert-alkyl or cyclic N) is 1. The second kappa shape index (κ2) is 5.11. The summed E-state index contributed by atoms with van der Waals surface area (Å²) in [5.41, 5.74) is -0.221. The highest BCUT2D eigenvalue weighted by molar-refractivity contribution is 5.43. The van der Waals surface area contributed by atoms with E-state index in [-0.39, 0.29) is 11.7 Å². The molecule has 0 bridgehead atoms. The molecule has 0 aliphatic carbocycles. The fourth-order valence-electron chi connectivity index (χ4n) is 2.45. The number of nitrogens with zero attached hydrogens (tertiary/aromatic N) is 3. The van der Waals surface area contributed by atoms with Crippen LogP contribution in [0.3, 0.4) is 0 Å². The van der Waals surface area contributed by atoms with Gasteiger partial charge in [0.15, 0.2) is 5.82 Å². The van der Waals surface area contributed by atoms with E-state index in [0.717, 1.165) is 0 Å². The summed E-state index contributed by atoms with van der Waals surface area (Å²) < 4.78 is 1.28. The third kappa shape index (κ3) is 2.43. The molecule has 2 atom stereocenters. The molecule has 0 radical (unpaired) electrons. The number of hydrogen-bond acceptors (Lipinski definition) is 6. The van der Waals surface area contributed by atoms with Gasteiger partial charge in [-0.2, -0.15) is 5.10 Å². The molecule has 2 heterocycles. The molecule has 9 nitrogen and oxygen atoms in total. The lowest BCUT2D eigenvalue weighted by molar-refractivity contribution is -0.384. The predicted octanol–water partition coefficient (Wildman–Crippen LogP) is -0.136. The van der Waals surface area contributed by atoms with Crippen LogP contribution in [-0.2, 0) is 0 Å². The summed E-state index contributed by atoms with van der Waals surface area (Å²) in [7, 11) is 0. The number of benzene rings is 1. The third-order valence-corrected chi connectivity index (χ3v) is 3.42. The monoisotopic (exact) mass is 291 g/mol. The van der Waals surface area contributed by atoms with Crippen LogP contribution >= 0.6 is 0 Å². The zero-order valence-corrected chi connectivity index (χ0v) is 10.9. The summed E-state index contributed by atoms with van der Waals surface area (Å²) >= 11 is 0. The van der Waals surface area contributed by atoms with Crippen molar-refractivity contribution in [3.8, 4) is 5.69 Å².